The highest BCUT2D eigenvalue weighted by atomic mass is 16.5. The third-order valence-electron chi connectivity index (χ3n) is 6.59. The van der Waals surface area contributed by atoms with Gasteiger partial charge in [-0.25, -0.2) is 4.79 Å². The zero-order valence-electron chi connectivity index (χ0n) is 19.4. The van der Waals surface area contributed by atoms with Gasteiger partial charge in [0, 0.05) is 44.3 Å². The predicted octanol–water partition coefficient (Wildman–Crippen LogP) is 5.04. The predicted molar refractivity (Wildman–Crippen MR) is 138 cm³/mol. The van der Waals surface area contributed by atoms with Gasteiger partial charge in [-0.2, -0.15) is 0 Å². The number of anilines is 1. The van der Waals surface area contributed by atoms with Gasteiger partial charge >= 0.3 is 6.09 Å². The summed E-state index contributed by atoms with van der Waals surface area (Å²) in [7, 11) is 0. The fraction of sp³-hybridized carbons (Fsp3) is 0.276. The van der Waals surface area contributed by atoms with Crippen LogP contribution in [0.5, 0.6) is 0 Å². The summed E-state index contributed by atoms with van der Waals surface area (Å²) >= 11 is 0. The molecule has 2 N–H and O–H groups in total. The van der Waals surface area contributed by atoms with Crippen LogP contribution in [-0.4, -0.2) is 45.4 Å². The normalized spacial score (nSPS) is 15.2. The number of fused-ring (bicyclic) bond motifs is 3. The quantitative estimate of drug-likeness (QED) is 0.492. The lowest BCUT2D eigenvalue weighted by atomic mass is 9.98. The Morgan fingerprint density at radius 3 is 2.41 bits per heavy atom. The van der Waals surface area contributed by atoms with E-state index in [9.17, 15) is 4.79 Å². The number of rotatable bonds is 7. The summed E-state index contributed by atoms with van der Waals surface area (Å²) in [5.74, 6) is 0.0843. The van der Waals surface area contributed by atoms with Gasteiger partial charge in [0.1, 0.15) is 6.61 Å². The number of nitrogens with zero attached hydrogens (tertiary/aromatic N) is 1. The number of nitrogens with one attached hydrogen (secondary N) is 2. The maximum atomic E-state index is 12.3. The van der Waals surface area contributed by atoms with Crippen LogP contribution in [0, 0.1) is 0 Å². The summed E-state index contributed by atoms with van der Waals surface area (Å²) in [6, 6.07) is 25.3. The van der Waals surface area contributed by atoms with Crippen LogP contribution in [-0.2, 0) is 4.74 Å². The van der Waals surface area contributed by atoms with Crippen LogP contribution in [0.1, 0.15) is 29.0 Å². The molecule has 0 atom stereocenters. The molecule has 0 saturated carbocycles. The average Bonchev–Trinajstić information content (AvgIpc) is 3.22. The fourth-order valence-corrected chi connectivity index (χ4v) is 4.87. The minimum atomic E-state index is -0.365. The first-order chi connectivity index (χ1) is 16.8. The second-order valence-electron chi connectivity index (χ2n) is 8.78. The molecule has 1 aliphatic heterocycles. The summed E-state index contributed by atoms with van der Waals surface area (Å²) in [5, 5.41) is 6.27. The Balaban J connectivity index is 1.09. The van der Waals surface area contributed by atoms with Crippen LogP contribution >= 0.6 is 0 Å². The molecule has 1 heterocycles. The van der Waals surface area contributed by atoms with Crippen molar-refractivity contribution in [2.24, 2.45) is 0 Å². The van der Waals surface area contributed by atoms with Gasteiger partial charge in [0.25, 0.3) is 0 Å². The first-order valence-corrected chi connectivity index (χ1v) is 12.1. The van der Waals surface area contributed by atoms with Crippen molar-refractivity contribution in [3.63, 3.8) is 0 Å². The van der Waals surface area contributed by atoms with E-state index in [1.807, 2.05) is 12.1 Å². The second-order valence-corrected chi connectivity index (χ2v) is 8.78. The van der Waals surface area contributed by atoms with Crippen molar-refractivity contribution in [1.29, 1.82) is 0 Å². The molecule has 1 amide bonds. The Morgan fingerprint density at radius 1 is 0.971 bits per heavy atom. The average molecular weight is 454 g/mol. The summed E-state index contributed by atoms with van der Waals surface area (Å²) < 4.78 is 5.60. The molecule has 5 heteroatoms. The van der Waals surface area contributed by atoms with E-state index in [0.29, 0.717) is 13.2 Å². The van der Waals surface area contributed by atoms with Gasteiger partial charge in [0.05, 0.1) is 0 Å². The van der Waals surface area contributed by atoms with Gasteiger partial charge in [-0.1, -0.05) is 72.8 Å². The molecule has 1 aliphatic carbocycles. The van der Waals surface area contributed by atoms with Crippen molar-refractivity contribution in [3.8, 4) is 11.1 Å². The van der Waals surface area contributed by atoms with E-state index < -0.39 is 0 Å². The van der Waals surface area contributed by atoms with Gasteiger partial charge in [-0.05, 0) is 46.4 Å². The summed E-state index contributed by atoms with van der Waals surface area (Å²) in [4.78, 5) is 14.7. The van der Waals surface area contributed by atoms with Crippen LogP contribution in [0.2, 0.25) is 0 Å². The number of alkyl carbamates (subject to hydrolysis) is 1. The smallest absolute Gasteiger partial charge is 0.407 e. The summed E-state index contributed by atoms with van der Waals surface area (Å²) in [6.45, 7) is 5.02. The highest BCUT2D eigenvalue weighted by molar-refractivity contribution is 5.79. The van der Waals surface area contributed by atoms with E-state index in [2.05, 4.69) is 88.3 Å². The topological polar surface area (TPSA) is 53.6 Å². The number of carbonyl (C=O) groups is 1. The molecule has 3 aromatic rings. The molecule has 5 nitrogen and oxygen atoms in total. The number of amides is 1. The number of hydrogen-bond donors (Lipinski definition) is 2. The molecule has 0 aromatic heterocycles. The minimum absolute atomic E-state index is 0.0843. The van der Waals surface area contributed by atoms with Gasteiger partial charge in [-0.3, -0.25) is 0 Å². The molecule has 174 valence electrons. The Kier molecular flexibility index (Phi) is 6.91. The van der Waals surface area contributed by atoms with Crippen LogP contribution in [0.15, 0.2) is 78.9 Å². The fourth-order valence-electron chi connectivity index (χ4n) is 4.87. The van der Waals surface area contributed by atoms with Gasteiger partial charge in [0.15, 0.2) is 0 Å². The van der Waals surface area contributed by atoms with E-state index in [0.717, 1.165) is 32.6 Å². The Hall–Kier alpha value is -3.57. The van der Waals surface area contributed by atoms with Crippen molar-refractivity contribution in [3.05, 3.63) is 95.6 Å². The van der Waals surface area contributed by atoms with E-state index in [1.54, 1.807) is 0 Å². The molecular formula is C29H31N3O2. The standard InChI is InChI=1S/C29H31N3O2/c33-29(34-21-28-26-13-3-1-11-24(26)25-12-2-4-14-27(25)28)31-15-6-5-8-22-9-7-10-23(20-22)32-18-16-30-17-19-32/h1-5,7-14,20,28,30H,6,15-19,21H2,(H,31,33). The van der Waals surface area contributed by atoms with Crippen molar-refractivity contribution in [2.75, 3.05) is 44.2 Å². The van der Waals surface area contributed by atoms with Crippen molar-refractivity contribution >= 4 is 17.9 Å². The van der Waals surface area contributed by atoms with Crippen LogP contribution in [0.4, 0.5) is 10.5 Å². The monoisotopic (exact) mass is 453 g/mol. The van der Waals surface area contributed by atoms with E-state index in [4.69, 9.17) is 4.74 Å². The second kappa shape index (κ2) is 10.6. The number of carbonyl (C=O) groups excluding carboxylic acids is 1. The lowest BCUT2D eigenvalue weighted by molar-refractivity contribution is 0.143. The number of piperazine rings is 1. The number of hydrogen-bond acceptors (Lipinski definition) is 4. The maximum Gasteiger partial charge on any atom is 0.407 e. The molecular weight excluding hydrogens is 422 g/mol. The molecule has 34 heavy (non-hydrogen) atoms. The third-order valence-corrected chi connectivity index (χ3v) is 6.59. The Bertz CT molecular complexity index is 1120. The molecule has 2 aliphatic rings. The molecule has 0 spiro atoms. The Labute approximate surface area is 201 Å². The number of ether oxygens (including phenoxy) is 1. The number of benzene rings is 3. The summed E-state index contributed by atoms with van der Waals surface area (Å²) in [6.07, 6.45) is 4.60. The van der Waals surface area contributed by atoms with E-state index in [-0.39, 0.29) is 12.0 Å². The zero-order valence-corrected chi connectivity index (χ0v) is 19.4. The lowest BCUT2D eigenvalue weighted by Crippen LogP contribution is -2.43. The Morgan fingerprint density at radius 2 is 1.68 bits per heavy atom. The van der Waals surface area contributed by atoms with Crippen molar-refractivity contribution < 1.29 is 9.53 Å². The largest absolute Gasteiger partial charge is 0.449 e. The highest BCUT2D eigenvalue weighted by Gasteiger charge is 2.28. The maximum absolute atomic E-state index is 12.3. The third kappa shape index (κ3) is 5.00. The van der Waals surface area contributed by atoms with E-state index >= 15 is 0 Å². The van der Waals surface area contributed by atoms with Crippen molar-refractivity contribution in [2.45, 2.75) is 12.3 Å². The van der Waals surface area contributed by atoms with Gasteiger partial charge in [-0.15, -0.1) is 0 Å². The SMILES string of the molecule is O=C(NCCC=Cc1cccc(N2CCNCC2)c1)OCC1c2ccccc2-c2ccccc21. The molecule has 1 fully saturated rings. The lowest BCUT2D eigenvalue weighted by Gasteiger charge is -2.29. The highest BCUT2D eigenvalue weighted by Crippen LogP contribution is 2.44. The zero-order chi connectivity index (χ0) is 23.2. The summed E-state index contributed by atoms with van der Waals surface area (Å²) in [5.41, 5.74) is 7.36. The van der Waals surface area contributed by atoms with Crippen LogP contribution in [0.3, 0.4) is 0 Å². The molecule has 0 bridgehead atoms. The molecule has 5 rings (SSSR count). The molecule has 0 unspecified atom stereocenters. The first kappa shape index (κ1) is 22.2. The van der Waals surface area contributed by atoms with Gasteiger partial charge < -0.3 is 20.3 Å². The first-order valence-electron chi connectivity index (χ1n) is 12.1. The molecule has 0 radical (unpaired) electrons. The molecule has 3 aromatic carbocycles. The minimum Gasteiger partial charge on any atom is -0.449 e. The van der Waals surface area contributed by atoms with Crippen LogP contribution in [0.25, 0.3) is 17.2 Å². The van der Waals surface area contributed by atoms with Crippen LogP contribution < -0.4 is 15.5 Å². The van der Waals surface area contributed by atoms with E-state index in [1.165, 1.54) is 33.5 Å². The van der Waals surface area contributed by atoms with Gasteiger partial charge in [0.2, 0.25) is 0 Å². The van der Waals surface area contributed by atoms with Crippen molar-refractivity contribution in [1.82, 2.24) is 10.6 Å². The molecule has 1 saturated heterocycles.